The van der Waals surface area contributed by atoms with Gasteiger partial charge in [0.25, 0.3) is 11.8 Å². The van der Waals surface area contributed by atoms with Crippen molar-refractivity contribution in [3.8, 4) is 11.5 Å². The molecule has 3 aromatic rings. The number of carbonyl (C=O) groups excluding carboxylic acids is 2. The fourth-order valence-electron chi connectivity index (χ4n) is 2.86. The molecule has 1 aliphatic heterocycles. The second-order valence-corrected chi connectivity index (χ2v) is 6.35. The zero-order valence-electron chi connectivity index (χ0n) is 15.3. The molecule has 0 aromatic heterocycles. The molecule has 1 aliphatic rings. The minimum absolute atomic E-state index is 0.309. The molecule has 0 atom stereocenters. The molecule has 146 valence electrons. The number of fused-ring (bicyclic) bond motifs is 1. The first kappa shape index (κ1) is 18.5. The smallest absolute Gasteiger partial charge is 0.255 e. The molecule has 0 unspecified atom stereocenters. The predicted octanol–water partition coefficient (Wildman–Crippen LogP) is 4.10. The SMILES string of the molecule is O=C(Nc1ccc(F)cc1)c1cccc(C(=O)Nc2ccc3c(c2)OCCO3)c1. The molecule has 0 aliphatic carbocycles. The number of nitrogens with one attached hydrogen (secondary N) is 2. The molecule has 29 heavy (non-hydrogen) atoms. The summed E-state index contributed by atoms with van der Waals surface area (Å²) in [5.74, 6) is 0.0553. The van der Waals surface area contributed by atoms with Crippen LogP contribution in [0.25, 0.3) is 0 Å². The van der Waals surface area contributed by atoms with Crippen LogP contribution in [0.15, 0.2) is 66.7 Å². The largest absolute Gasteiger partial charge is 0.486 e. The van der Waals surface area contributed by atoms with Crippen LogP contribution < -0.4 is 20.1 Å². The summed E-state index contributed by atoms with van der Waals surface area (Å²) in [7, 11) is 0. The summed E-state index contributed by atoms with van der Waals surface area (Å²) in [6, 6.07) is 16.9. The Labute approximate surface area is 166 Å². The summed E-state index contributed by atoms with van der Waals surface area (Å²) in [5, 5.41) is 5.45. The van der Waals surface area contributed by atoms with Gasteiger partial charge in [0.05, 0.1) is 0 Å². The van der Waals surface area contributed by atoms with Crippen molar-refractivity contribution in [2.24, 2.45) is 0 Å². The molecular weight excluding hydrogens is 375 g/mol. The first-order chi connectivity index (χ1) is 14.1. The third-order valence-electron chi connectivity index (χ3n) is 4.29. The van der Waals surface area contributed by atoms with E-state index in [-0.39, 0.29) is 11.7 Å². The van der Waals surface area contributed by atoms with Gasteiger partial charge in [-0.05, 0) is 54.6 Å². The molecule has 0 saturated carbocycles. The lowest BCUT2D eigenvalue weighted by Gasteiger charge is -2.19. The Morgan fingerprint density at radius 3 is 2.00 bits per heavy atom. The highest BCUT2D eigenvalue weighted by Gasteiger charge is 2.15. The molecule has 1 heterocycles. The van der Waals surface area contributed by atoms with Crippen LogP contribution in [0, 0.1) is 5.82 Å². The number of hydrogen-bond acceptors (Lipinski definition) is 4. The van der Waals surface area contributed by atoms with E-state index in [2.05, 4.69) is 10.6 Å². The highest BCUT2D eigenvalue weighted by molar-refractivity contribution is 6.08. The van der Waals surface area contributed by atoms with Crippen LogP contribution >= 0.6 is 0 Å². The summed E-state index contributed by atoms with van der Waals surface area (Å²) >= 11 is 0. The van der Waals surface area contributed by atoms with Gasteiger partial charge in [-0.15, -0.1) is 0 Å². The molecule has 6 nitrogen and oxygen atoms in total. The van der Waals surface area contributed by atoms with Gasteiger partial charge in [0.1, 0.15) is 19.0 Å². The van der Waals surface area contributed by atoms with Gasteiger partial charge in [0, 0.05) is 28.6 Å². The van der Waals surface area contributed by atoms with Crippen LogP contribution in [0.4, 0.5) is 15.8 Å². The normalized spacial score (nSPS) is 12.2. The van der Waals surface area contributed by atoms with E-state index in [4.69, 9.17) is 9.47 Å². The number of amides is 2. The average molecular weight is 392 g/mol. The first-order valence-electron chi connectivity index (χ1n) is 8.96. The quantitative estimate of drug-likeness (QED) is 0.701. The molecule has 0 spiro atoms. The molecule has 0 bridgehead atoms. The monoisotopic (exact) mass is 392 g/mol. The van der Waals surface area contributed by atoms with Crippen molar-refractivity contribution >= 4 is 23.2 Å². The zero-order valence-corrected chi connectivity index (χ0v) is 15.3. The van der Waals surface area contributed by atoms with Crippen LogP contribution in [0.1, 0.15) is 20.7 Å². The minimum atomic E-state index is -0.398. The van der Waals surface area contributed by atoms with E-state index in [9.17, 15) is 14.0 Å². The third kappa shape index (κ3) is 4.35. The van der Waals surface area contributed by atoms with Gasteiger partial charge in [0.2, 0.25) is 0 Å². The summed E-state index contributed by atoms with van der Waals surface area (Å²) in [6.45, 7) is 0.946. The van der Waals surface area contributed by atoms with Crippen molar-refractivity contribution in [3.05, 3.63) is 83.7 Å². The van der Waals surface area contributed by atoms with Gasteiger partial charge in [-0.2, -0.15) is 0 Å². The van der Waals surface area contributed by atoms with E-state index in [1.165, 1.54) is 30.3 Å². The maximum absolute atomic E-state index is 13.0. The van der Waals surface area contributed by atoms with E-state index in [1.807, 2.05) is 0 Å². The van der Waals surface area contributed by atoms with Crippen LogP contribution in [-0.2, 0) is 0 Å². The number of benzene rings is 3. The fraction of sp³-hybridized carbons (Fsp3) is 0.0909. The Kier molecular flexibility index (Phi) is 5.11. The number of ether oxygens (including phenoxy) is 2. The van der Waals surface area contributed by atoms with E-state index >= 15 is 0 Å². The average Bonchev–Trinajstić information content (AvgIpc) is 2.75. The van der Waals surface area contributed by atoms with Crippen LogP contribution in [0.3, 0.4) is 0 Å². The van der Waals surface area contributed by atoms with Crippen LogP contribution in [-0.4, -0.2) is 25.0 Å². The zero-order chi connectivity index (χ0) is 20.2. The number of hydrogen-bond donors (Lipinski definition) is 2. The maximum atomic E-state index is 13.0. The summed E-state index contributed by atoms with van der Waals surface area (Å²) in [4.78, 5) is 25.0. The Morgan fingerprint density at radius 2 is 1.31 bits per heavy atom. The van der Waals surface area contributed by atoms with E-state index in [0.29, 0.717) is 47.2 Å². The van der Waals surface area contributed by atoms with Gasteiger partial charge >= 0.3 is 0 Å². The number of carbonyl (C=O) groups is 2. The number of halogens is 1. The Balaban J connectivity index is 1.47. The standard InChI is InChI=1S/C22H17FN2O4/c23-16-4-6-17(7-5-16)24-21(26)14-2-1-3-15(12-14)22(27)25-18-8-9-19-20(13-18)29-11-10-28-19/h1-9,12-13H,10-11H2,(H,24,26)(H,25,27). The molecule has 2 N–H and O–H groups in total. The van der Waals surface area contributed by atoms with E-state index in [0.717, 1.165) is 0 Å². The van der Waals surface area contributed by atoms with Gasteiger partial charge in [0.15, 0.2) is 11.5 Å². The van der Waals surface area contributed by atoms with Crippen molar-refractivity contribution in [3.63, 3.8) is 0 Å². The third-order valence-corrected chi connectivity index (χ3v) is 4.29. The van der Waals surface area contributed by atoms with E-state index < -0.39 is 5.91 Å². The van der Waals surface area contributed by atoms with Gasteiger partial charge in [-0.25, -0.2) is 4.39 Å². The topological polar surface area (TPSA) is 76.7 Å². The minimum Gasteiger partial charge on any atom is -0.486 e. The lowest BCUT2D eigenvalue weighted by molar-refractivity contribution is 0.102. The lowest BCUT2D eigenvalue weighted by atomic mass is 10.1. The Bertz CT molecular complexity index is 1070. The van der Waals surface area contributed by atoms with E-state index in [1.54, 1.807) is 36.4 Å². The number of rotatable bonds is 4. The van der Waals surface area contributed by atoms with Crippen LogP contribution in [0.2, 0.25) is 0 Å². The van der Waals surface area contributed by atoms with Crippen molar-refractivity contribution in [1.82, 2.24) is 0 Å². The molecular formula is C22H17FN2O4. The Morgan fingerprint density at radius 1 is 0.724 bits per heavy atom. The molecule has 0 radical (unpaired) electrons. The highest BCUT2D eigenvalue weighted by atomic mass is 19.1. The molecule has 0 fully saturated rings. The molecule has 3 aromatic carbocycles. The lowest BCUT2D eigenvalue weighted by Crippen LogP contribution is -2.17. The molecule has 7 heteroatoms. The van der Waals surface area contributed by atoms with Crippen LogP contribution in [0.5, 0.6) is 11.5 Å². The highest BCUT2D eigenvalue weighted by Crippen LogP contribution is 2.32. The summed E-state index contributed by atoms with van der Waals surface area (Å²) < 4.78 is 24.0. The van der Waals surface area contributed by atoms with Gasteiger partial charge in [-0.1, -0.05) is 6.07 Å². The molecule has 0 saturated heterocycles. The first-order valence-corrected chi connectivity index (χ1v) is 8.96. The summed E-state index contributed by atoms with van der Waals surface area (Å²) in [5.41, 5.74) is 1.65. The maximum Gasteiger partial charge on any atom is 0.255 e. The predicted molar refractivity (Wildman–Crippen MR) is 106 cm³/mol. The molecule has 2 amide bonds. The Hall–Kier alpha value is -3.87. The number of anilines is 2. The van der Waals surface area contributed by atoms with Gasteiger partial charge < -0.3 is 20.1 Å². The second kappa shape index (κ2) is 8.02. The van der Waals surface area contributed by atoms with Crippen molar-refractivity contribution in [1.29, 1.82) is 0 Å². The molecule has 4 rings (SSSR count). The fourth-order valence-corrected chi connectivity index (χ4v) is 2.86. The van der Waals surface area contributed by atoms with Crippen molar-refractivity contribution in [2.45, 2.75) is 0 Å². The van der Waals surface area contributed by atoms with Gasteiger partial charge in [-0.3, -0.25) is 9.59 Å². The summed E-state index contributed by atoms with van der Waals surface area (Å²) in [6.07, 6.45) is 0. The van der Waals surface area contributed by atoms with Crippen molar-refractivity contribution in [2.75, 3.05) is 23.8 Å². The second-order valence-electron chi connectivity index (χ2n) is 6.35. The van der Waals surface area contributed by atoms with Crippen molar-refractivity contribution < 1.29 is 23.5 Å².